The van der Waals surface area contributed by atoms with Crippen molar-refractivity contribution in [3.63, 3.8) is 0 Å². The minimum absolute atomic E-state index is 0.447. The number of carbonyl (C=O) groups is 2. The third-order valence-corrected chi connectivity index (χ3v) is 4.16. The summed E-state index contributed by atoms with van der Waals surface area (Å²) < 4.78 is 5.19. The van der Waals surface area contributed by atoms with Crippen LogP contribution in [-0.2, 0) is 27.2 Å². The molecular weight excluding hydrogens is 304 g/mol. The van der Waals surface area contributed by atoms with Crippen LogP contribution in [0.4, 0.5) is 5.69 Å². The quantitative estimate of drug-likeness (QED) is 0.868. The first kappa shape index (κ1) is 16.8. The predicted octanol–water partition coefficient (Wildman–Crippen LogP) is 2.26. The summed E-state index contributed by atoms with van der Waals surface area (Å²) in [7, 11) is 0. The SMILES string of the molecule is CCc1ccc(Cl)c(CC)c1NC(=O)C(=O)N1CCOCC1. The number of carbonyl (C=O) groups excluding carboxylic acids is 2. The van der Waals surface area contributed by atoms with Crippen LogP contribution in [0.15, 0.2) is 12.1 Å². The summed E-state index contributed by atoms with van der Waals surface area (Å²) >= 11 is 6.21. The molecule has 0 saturated carbocycles. The molecule has 2 rings (SSSR count). The topological polar surface area (TPSA) is 58.6 Å². The predicted molar refractivity (Wildman–Crippen MR) is 86.2 cm³/mol. The highest BCUT2D eigenvalue weighted by Crippen LogP contribution is 2.29. The van der Waals surface area contributed by atoms with Gasteiger partial charge in [-0.05, 0) is 30.0 Å². The monoisotopic (exact) mass is 324 g/mol. The average molecular weight is 325 g/mol. The van der Waals surface area contributed by atoms with Crippen LogP contribution in [-0.4, -0.2) is 43.0 Å². The number of hydrogen-bond donors (Lipinski definition) is 1. The number of nitrogens with zero attached hydrogens (tertiary/aromatic N) is 1. The first-order valence-electron chi connectivity index (χ1n) is 7.56. The van der Waals surface area contributed by atoms with Gasteiger partial charge in [0.2, 0.25) is 0 Å². The highest BCUT2D eigenvalue weighted by atomic mass is 35.5. The standard InChI is InChI=1S/C16H21ClN2O3/c1-3-11-5-6-13(17)12(4-2)14(11)18-15(20)16(21)19-7-9-22-10-8-19/h5-6H,3-4,7-10H2,1-2H3,(H,18,20). The molecule has 6 heteroatoms. The van der Waals surface area contributed by atoms with Gasteiger partial charge in [0.1, 0.15) is 0 Å². The summed E-state index contributed by atoms with van der Waals surface area (Å²) in [6.07, 6.45) is 1.44. The molecule has 0 bridgehead atoms. The molecule has 0 radical (unpaired) electrons. The zero-order valence-corrected chi connectivity index (χ0v) is 13.7. The van der Waals surface area contributed by atoms with Crippen molar-refractivity contribution in [3.8, 4) is 0 Å². The highest BCUT2D eigenvalue weighted by molar-refractivity contribution is 6.40. The Labute approximate surface area is 135 Å². The molecule has 0 aliphatic carbocycles. The van der Waals surface area contributed by atoms with Gasteiger partial charge >= 0.3 is 11.8 Å². The van der Waals surface area contributed by atoms with E-state index >= 15 is 0 Å². The number of morpholine rings is 1. The fourth-order valence-corrected chi connectivity index (χ4v) is 2.84. The Balaban J connectivity index is 2.20. The van der Waals surface area contributed by atoms with Crippen LogP contribution in [0.2, 0.25) is 5.02 Å². The van der Waals surface area contributed by atoms with Gasteiger partial charge in [0, 0.05) is 23.8 Å². The fraction of sp³-hybridized carbons (Fsp3) is 0.500. The van der Waals surface area contributed by atoms with Crippen molar-refractivity contribution >= 4 is 29.1 Å². The van der Waals surface area contributed by atoms with E-state index < -0.39 is 11.8 Å². The Morgan fingerprint density at radius 2 is 1.91 bits per heavy atom. The van der Waals surface area contributed by atoms with Gasteiger partial charge in [-0.25, -0.2) is 0 Å². The first-order chi connectivity index (χ1) is 10.6. The van der Waals surface area contributed by atoms with E-state index in [4.69, 9.17) is 16.3 Å². The summed E-state index contributed by atoms with van der Waals surface area (Å²) in [5.74, 6) is -1.14. The van der Waals surface area contributed by atoms with E-state index in [0.29, 0.717) is 43.4 Å². The first-order valence-corrected chi connectivity index (χ1v) is 7.94. The molecule has 5 nitrogen and oxygen atoms in total. The van der Waals surface area contributed by atoms with Crippen LogP contribution in [0.25, 0.3) is 0 Å². The molecule has 0 spiro atoms. The molecule has 0 atom stereocenters. The fourth-order valence-electron chi connectivity index (χ4n) is 2.54. The second-order valence-electron chi connectivity index (χ2n) is 5.13. The zero-order valence-electron chi connectivity index (χ0n) is 12.9. The number of benzene rings is 1. The van der Waals surface area contributed by atoms with Gasteiger partial charge in [-0.15, -0.1) is 0 Å². The molecule has 2 amide bonds. The maximum atomic E-state index is 12.3. The van der Waals surface area contributed by atoms with E-state index in [0.717, 1.165) is 17.5 Å². The van der Waals surface area contributed by atoms with Gasteiger partial charge in [0.05, 0.1) is 13.2 Å². The molecule has 22 heavy (non-hydrogen) atoms. The second-order valence-corrected chi connectivity index (χ2v) is 5.53. The number of amides is 2. The van der Waals surface area contributed by atoms with E-state index in [1.54, 1.807) is 0 Å². The van der Waals surface area contributed by atoms with E-state index in [1.807, 2.05) is 26.0 Å². The molecule has 0 unspecified atom stereocenters. The van der Waals surface area contributed by atoms with Crippen LogP contribution < -0.4 is 5.32 Å². The van der Waals surface area contributed by atoms with Gasteiger partial charge in [0.25, 0.3) is 0 Å². The zero-order chi connectivity index (χ0) is 16.1. The van der Waals surface area contributed by atoms with Crippen LogP contribution >= 0.6 is 11.6 Å². The summed E-state index contributed by atoms with van der Waals surface area (Å²) in [5, 5.41) is 3.37. The Morgan fingerprint density at radius 1 is 1.23 bits per heavy atom. The number of hydrogen-bond acceptors (Lipinski definition) is 3. The van der Waals surface area contributed by atoms with Crippen LogP contribution in [0.3, 0.4) is 0 Å². The number of halogens is 1. The molecule has 1 aliphatic rings. The third-order valence-electron chi connectivity index (χ3n) is 3.81. The maximum Gasteiger partial charge on any atom is 0.313 e. The Kier molecular flexibility index (Phi) is 5.80. The van der Waals surface area contributed by atoms with Gasteiger partial charge < -0.3 is 15.0 Å². The molecule has 1 N–H and O–H groups in total. The summed E-state index contributed by atoms with van der Waals surface area (Å²) in [5.41, 5.74) is 2.51. The number of anilines is 1. The number of aryl methyl sites for hydroxylation is 1. The highest BCUT2D eigenvalue weighted by Gasteiger charge is 2.25. The van der Waals surface area contributed by atoms with Gasteiger partial charge in [0.15, 0.2) is 0 Å². The lowest BCUT2D eigenvalue weighted by atomic mass is 10.0. The van der Waals surface area contributed by atoms with Crippen molar-refractivity contribution in [3.05, 3.63) is 28.3 Å². The van der Waals surface area contributed by atoms with Crippen molar-refractivity contribution in [2.45, 2.75) is 26.7 Å². The molecular formula is C16H21ClN2O3. The third kappa shape index (κ3) is 3.59. The minimum Gasteiger partial charge on any atom is -0.378 e. The normalized spacial score (nSPS) is 14.8. The summed E-state index contributed by atoms with van der Waals surface area (Å²) in [4.78, 5) is 26.0. The van der Waals surface area contributed by atoms with Crippen LogP contribution in [0.5, 0.6) is 0 Å². The molecule has 1 aromatic carbocycles. The molecule has 1 fully saturated rings. The van der Waals surface area contributed by atoms with E-state index in [2.05, 4.69) is 5.32 Å². The molecule has 1 saturated heterocycles. The van der Waals surface area contributed by atoms with Crippen molar-refractivity contribution in [1.82, 2.24) is 4.90 Å². The second kappa shape index (κ2) is 7.61. The minimum atomic E-state index is -0.617. The lowest BCUT2D eigenvalue weighted by molar-refractivity contribution is -0.145. The Morgan fingerprint density at radius 3 is 2.50 bits per heavy atom. The molecule has 1 aromatic rings. The lowest BCUT2D eigenvalue weighted by Crippen LogP contribution is -2.46. The number of nitrogens with one attached hydrogen (secondary N) is 1. The van der Waals surface area contributed by atoms with Crippen molar-refractivity contribution in [2.75, 3.05) is 31.6 Å². The molecule has 1 heterocycles. The van der Waals surface area contributed by atoms with E-state index in [-0.39, 0.29) is 0 Å². The van der Waals surface area contributed by atoms with Gasteiger partial charge in [-0.3, -0.25) is 9.59 Å². The summed E-state index contributed by atoms with van der Waals surface area (Å²) in [6, 6.07) is 3.72. The van der Waals surface area contributed by atoms with Crippen LogP contribution in [0.1, 0.15) is 25.0 Å². The van der Waals surface area contributed by atoms with E-state index in [1.165, 1.54) is 4.90 Å². The Hall–Kier alpha value is -1.59. The average Bonchev–Trinajstić information content (AvgIpc) is 2.55. The van der Waals surface area contributed by atoms with E-state index in [9.17, 15) is 9.59 Å². The Bertz CT molecular complexity index is 569. The lowest BCUT2D eigenvalue weighted by Gasteiger charge is -2.26. The van der Waals surface area contributed by atoms with Crippen LogP contribution in [0, 0.1) is 0 Å². The number of rotatable bonds is 3. The van der Waals surface area contributed by atoms with Gasteiger partial charge in [-0.2, -0.15) is 0 Å². The molecule has 0 aromatic heterocycles. The summed E-state index contributed by atoms with van der Waals surface area (Å²) in [6.45, 7) is 5.81. The van der Waals surface area contributed by atoms with Gasteiger partial charge in [-0.1, -0.05) is 31.5 Å². The molecule has 120 valence electrons. The smallest absolute Gasteiger partial charge is 0.313 e. The van der Waals surface area contributed by atoms with Crippen molar-refractivity contribution < 1.29 is 14.3 Å². The largest absolute Gasteiger partial charge is 0.378 e. The van der Waals surface area contributed by atoms with Crippen molar-refractivity contribution in [2.24, 2.45) is 0 Å². The maximum absolute atomic E-state index is 12.3. The number of ether oxygens (including phenoxy) is 1. The molecule has 1 aliphatic heterocycles. The van der Waals surface area contributed by atoms with Crippen molar-refractivity contribution in [1.29, 1.82) is 0 Å².